The largest absolute Gasteiger partial charge is 0.355 e. The van der Waals surface area contributed by atoms with Gasteiger partial charge < -0.3 is 9.88 Å². The van der Waals surface area contributed by atoms with Gasteiger partial charge in [-0.2, -0.15) is 0 Å². The number of hydrogen-bond acceptors (Lipinski definition) is 1. The molecule has 2 rings (SSSR count). The molecule has 1 N–H and O–H groups in total. The maximum Gasteiger partial charge on any atom is 0.216 e. The average Bonchev–Trinajstić information content (AvgIpc) is 2.71. The van der Waals surface area contributed by atoms with Gasteiger partial charge in [0.05, 0.1) is 5.69 Å². The van der Waals surface area contributed by atoms with Crippen LogP contribution < -0.4 is 5.32 Å². The minimum absolute atomic E-state index is 0.0140. The number of rotatable bonds is 4. The van der Waals surface area contributed by atoms with Crippen molar-refractivity contribution in [3.8, 4) is 11.3 Å². The van der Waals surface area contributed by atoms with Crippen molar-refractivity contribution in [2.24, 2.45) is 0 Å². The van der Waals surface area contributed by atoms with Crippen molar-refractivity contribution >= 4 is 5.91 Å². The van der Waals surface area contributed by atoms with Crippen LogP contribution in [0.15, 0.2) is 42.6 Å². The van der Waals surface area contributed by atoms with E-state index in [1.807, 2.05) is 18.2 Å². The van der Waals surface area contributed by atoms with E-state index in [0.717, 1.165) is 6.54 Å². The third-order valence-electron chi connectivity index (χ3n) is 2.94. The molecule has 1 amide bonds. The maximum atomic E-state index is 10.9. The first-order chi connectivity index (χ1) is 8.68. The Morgan fingerprint density at radius 3 is 2.61 bits per heavy atom. The van der Waals surface area contributed by atoms with E-state index in [1.165, 1.54) is 16.8 Å². The number of benzene rings is 1. The van der Waals surface area contributed by atoms with Crippen LogP contribution in [0.1, 0.15) is 12.5 Å². The topological polar surface area (TPSA) is 34.0 Å². The Bertz CT molecular complexity index is 529. The van der Waals surface area contributed by atoms with Gasteiger partial charge in [-0.1, -0.05) is 30.3 Å². The first-order valence-corrected chi connectivity index (χ1v) is 6.14. The molecule has 0 unspecified atom stereocenters. The van der Waals surface area contributed by atoms with E-state index in [9.17, 15) is 4.79 Å². The SMILES string of the molecule is CC(=O)NCCn1ccc(C)c1-c1ccccc1. The molecule has 0 spiro atoms. The van der Waals surface area contributed by atoms with Crippen LogP contribution in [-0.4, -0.2) is 17.0 Å². The summed E-state index contributed by atoms with van der Waals surface area (Å²) in [6.45, 7) is 5.09. The van der Waals surface area contributed by atoms with Crippen LogP contribution >= 0.6 is 0 Å². The summed E-state index contributed by atoms with van der Waals surface area (Å²) >= 11 is 0. The van der Waals surface area contributed by atoms with Gasteiger partial charge in [0.2, 0.25) is 5.91 Å². The Morgan fingerprint density at radius 2 is 1.94 bits per heavy atom. The number of aryl methyl sites for hydroxylation is 1. The quantitative estimate of drug-likeness (QED) is 0.878. The Hall–Kier alpha value is -2.03. The molecule has 0 radical (unpaired) electrons. The van der Waals surface area contributed by atoms with Gasteiger partial charge in [0.15, 0.2) is 0 Å². The molecule has 0 fully saturated rings. The van der Waals surface area contributed by atoms with E-state index in [4.69, 9.17) is 0 Å². The highest BCUT2D eigenvalue weighted by atomic mass is 16.1. The van der Waals surface area contributed by atoms with Gasteiger partial charge in [-0.3, -0.25) is 4.79 Å². The normalized spacial score (nSPS) is 10.3. The zero-order valence-corrected chi connectivity index (χ0v) is 10.8. The molecule has 0 saturated carbocycles. The lowest BCUT2D eigenvalue weighted by Crippen LogP contribution is -2.24. The number of nitrogens with one attached hydrogen (secondary N) is 1. The molecule has 0 aliphatic heterocycles. The van der Waals surface area contributed by atoms with Gasteiger partial charge in [0.25, 0.3) is 0 Å². The molecule has 0 saturated heterocycles. The number of hydrogen-bond donors (Lipinski definition) is 1. The van der Waals surface area contributed by atoms with Gasteiger partial charge in [0.1, 0.15) is 0 Å². The molecule has 0 atom stereocenters. The molecule has 3 nitrogen and oxygen atoms in total. The first kappa shape index (κ1) is 12.4. The lowest BCUT2D eigenvalue weighted by molar-refractivity contribution is -0.118. The molecule has 18 heavy (non-hydrogen) atoms. The van der Waals surface area contributed by atoms with Crippen molar-refractivity contribution in [3.05, 3.63) is 48.2 Å². The molecule has 0 bridgehead atoms. The Kier molecular flexibility index (Phi) is 3.82. The average molecular weight is 242 g/mol. The Balaban J connectivity index is 2.20. The molecule has 94 valence electrons. The summed E-state index contributed by atoms with van der Waals surface area (Å²) < 4.78 is 2.18. The molecular formula is C15H18N2O. The van der Waals surface area contributed by atoms with Gasteiger partial charge in [-0.25, -0.2) is 0 Å². The highest BCUT2D eigenvalue weighted by Gasteiger charge is 2.07. The van der Waals surface area contributed by atoms with Crippen LogP contribution in [0, 0.1) is 6.92 Å². The van der Waals surface area contributed by atoms with Crippen LogP contribution in [-0.2, 0) is 11.3 Å². The third-order valence-corrected chi connectivity index (χ3v) is 2.94. The number of carbonyl (C=O) groups excluding carboxylic acids is 1. The fourth-order valence-corrected chi connectivity index (χ4v) is 2.11. The zero-order chi connectivity index (χ0) is 13.0. The predicted octanol–water partition coefficient (Wildman–Crippen LogP) is 2.60. The molecular weight excluding hydrogens is 224 g/mol. The van der Waals surface area contributed by atoms with Gasteiger partial charge >= 0.3 is 0 Å². The molecule has 0 aliphatic rings. The minimum Gasteiger partial charge on any atom is -0.355 e. The second kappa shape index (κ2) is 5.54. The summed E-state index contributed by atoms with van der Waals surface area (Å²) in [4.78, 5) is 10.9. The fourth-order valence-electron chi connectivity index (χ4n) is 2.11. The minimum atomic E-state index is 0.0140. The zero-order valence-electron chi connectivity index (χ0n) is 10.8. The van der Waals surface area contributed by atoms with Crippen molar-refractivity contribution in [2.75, 3.05) is 6.54 Å². The molecule has 2 aromatic rings. The summed E-state index contributed by atoms with van der Waals surface area (Å²) in [6, 6.07) is 12.4. The van der Waals surface area contributed by atoms with Crippen LogP contribution in [0.25, 0.3) is 11.3 Å². The smallest absolute Gasteiger partial charge is 0.216 e. The second-order valence-electron chi connectivity index (χ2n) is 4.39. The molecule has 0 aliphatic carbocycles. The lowest BCUT2D eigenvalue weighted by atomic mass is 10.1. The second-order valence-corrected chi connectivity index (χ2v) is 4.39. The first-order valence-electron chi connectivity index (χ1n) is 6.14. The van der Waals surface area contributed by atoms with Crippen molar-refractivity contribution in [1.82, 2.24) is 9.88 Å². The van der Waals surface area contributed by atoms with E-state index in [-0.39, 0.29) is 5.91 Å². The van der Waals surface area contributed by atoms with E-state index >= 15 is 0 Å². The van der Waals surface area contributed by atoms with Gasteiger partial charge in [-0.05, 0) is 24.1 Å². The molecule has 1 aromatic carbocycles. The predicted molar refractivity (Wildman–Crippen MR) is 73.3 cm³/mol. The molecule has 3 heteroatoms. The summed E-state index contributed by atoms with van der Waals surface area (Å²) in [5, 5.41) is 2.82. The van der Waals surface area contributed by atoms with Crippen LogP contribution in [0.4, 0.5) is 0 Å². The van der Waals surface area contributed by atoms with Crippen molar-refractivity contribution in [1.29, 1.82) is 0 Å². The monoisotopic (exact) mass is 242 g/mol. The van der Waals surface area contributed by atoms with Crippen molar-refractivity contribution in [2.45, 2.75) is 20.4 Å². The summed E-state index contributed by atoms with van der Waals surface area (Å²) in [6.07, 6.45) is 2.07. The van der Waals surface area contributed by atoms with Crippen LogP contribution in [0.2, 0.25) is 0 Å². The molecule has 1 aromatic heterocycles. The fraction of sp³-hybridized carbons (Fsp3) is 0.267. The van der Waals surface area contributed by atoms with E-state index in [0.29, 0.717) is 6.54 Å². The summed E-state index contributed by atoms with van der Waals surface area (Å²) in [5.74, 6) is 0.0140. The van der Waals surface area contributed by atoms with Gasteiger partial charge in [0, 0.05) is 26.2 Å². The maximum absolute atomic E-state index is 10.9. The number of amides is 1. The summed E-state index contributed by atoms with van der Waals surface area (Å²) in [7, 11) is 0. The summed E-state index contributed by atoms with van der Waals surface area (Å²) in [5.41, 5.74) is 3.69. The van der Waals surface area contributed by atoms with E-state index < -0.39 is 0 Å². The number of aromatic nitrogens is 1. The van der Waals surface area contributed by atoms with E-state index in [2.05, 4.69) is 41.2 Å². The van der Waals surface area contributed by atoms with Crippen molar-refractivity contribution < 1.29 is 4.79 Å². The standard InChI is InChI=1S/C15H18N2O/c1-12-8-10-17(11-9-16-13(2)18)15(12)14-6-4-3-5-7-14/h3-8,10H,9,11H2,1-2H3,(H,16,18). The Morgan fingerprint density at radius 1 is 1.22 bits per heavy atom. The van der Waals surface area contributed by atoms with Crippen LogP contribution in [0.3, 0.4) is 0 Å². The Labute approximate surface area is 107 Å². The number of carbonyl (C=O) groups is 1. The highest BCUT2D eigenvalue weighted by Crippen LogP contribution is 2.23. The number of nitrogens with zero attached hydrogens (tertiary/aromatic N) is 1. The van der Waals surface area contributed by atoms with E-state index in [1.54, 1.807) is 6.92 Å². The lowest BCUT2D eigenvalue weighted by Gasteiger charge is -2.11. The van der Waals surface area contributed by atoms with Gasteiger partial charge in [-0.15, -0.1) is 0 Å². The third kappa shape index (κ3) is 2.80. The molecule has 1 heterocycles. The van der Waals surface area contributed by atoms with Crippen LogP contribution in [0.5, 0.6) is 0 Å². The highest BCUT2D eigenvalue weighted by molar-refractivity contribution is 5.72. The van der Waals surface area contributed by atoms with Crippen molar-refractivity contribution in [3.63, 3.8) is 0 Å².